The van der Waals surface area contributed by atoms with Crippen LogP contribution in [0.5, 0.6) is 17.2 Å². The van der Waals surface area contributed by atoms with Gasteiger partial charge in [0, 0.05) is 31.0 Å². The summed E-state index contributed by atoms with van der Waals surface area (Å²) in [5, 5.41) is 15.9. The van der Waals surface area contributed by atoms with E-state index in [1.165, 1.54) is 24.5 Å². The normalized spacial score (nSPS) is 12.0. The molecule has 0 unspecified atom stereocenters. The predicted octanol–water partition coefficient (Wildman–Crippen LogP) is 6.13. The second-order valence-electron chi connectivity index (χ2n) is 9.62. The van der Waals surface area contributed by atoms with Crippen molar-refractivity contribution in [3.05, 3.63) is 66.1 Å². The first-order valence-electron chi connectivity index (χ1n) is 12.3. The molecule has 0 spiro atoms. The summed E-state index contributed by atoms with van der Waals surface area (Å²) in [4.78, 5) is 20.6. The maximum absolute atomic E-state index is 13.3. The minimum Gasteiger partial charge on any atom is -0.456 e. The van der Waals surface area contributed by atoms with Crippen molar-refractivity contribution in [1.29, 1.82) is 0 Å². The van der Waals surface area contributed by atoms with E-state index in [1.807, 2.05) is 10.8 Å². The molecule has 9 nitrogen and oxygen atoms in total. The molecule has 0 saturated heterocycles. The van der Waals surface area contributed by atoms with Gasteiger partial charge in [-0.2, -0.15) is 17.6 Å². The van der Waals surface area contributed by atoms with Crippen LogP contribution in [0.4, 0.5) is 29.1 Å². The third-order valence-electron chi connectivity index (χ3n) is 5.55. The van der Waals surface area contributed by atoms with Crippen LogP contribution in [0.15, 0.2) is 61.1 Å². The molecule has 0 aliphatic carbocycles. The van der Waals surface area contributed by atoms with Crippen molar-refractivity contribution in [2.75, 3.05) is 11.9 Å². The molecule has 2 aromatic carbocycles. The zero-order valence-electron chi connectivity index (χ0n) is 21.9. The second-order valence-corrected chi connectivity index (χ2v) is 10.0. The zero-order chi connectivity index (χ0) is 29.8. The van der Waals surface area contributed by atoms with E-state index in [9.17, 15) is 27.5 Å². The molecule has 14 heteroatoms. The molecule has 0 atom stereocenters. The Hall–Kier alpha value is -4.10. The van der Waals surface area contributed by atoms with Crippen LogP contribution in [0.3, 0.4) is 0 Å². The van der Waals surface area contributed by atoms with Gasteiger partial charge in [-0.25, -0.2) is 9.97 Å². The molecule has 218 valence electrons. The topological polar surface area (TPSA) is 111 Å². The van der Waals surface area contributed by atoms with Crippen molar-refractivity contribution in [3.63, 3.8) is 0 Å². The van der Waals surface area contributed by atoms with Crippen molar-refractivity contribution in [3.8, 4) is 17.2 Å². The van der Waals surface area contributed by atoms with E-state index in [0.717, 1.165) is 12.1 Å². The zero-order valence-corrected chi connectivity index (χ0v) is 22.6. The number of nitrogens with one attached hydrogen (secondary N) is 2. The van der Waals surface area contributed by atoms with Crippen molar-refractivity contribution in [2.45, 2.75) is 44.9 Å². The first-order valence-corrected chi connectivity index (χ1v) is 12.7. The number of hydrogen-bond acceptors (Lipinski definition) is 7. The predicted molar refractivity (Wildman–Crippen MR) is 144 cm³/mol. The van der Waals surface area contributed by atoms with Crippen molar-refractivity contribution in [2.24, 2.45) is 0 Å². The van der Waals surface area contributed by atoms with Gasteiger partial charge < -0.3 is 29.8 Å². The Balaban J connectivity index is 1.45. The minimum atomic E-state index is -4.65. The molecule has 41 heavy (non-hydrogen) atoms. The van der Waals surface area contributed by atoms with E-state index >= 15 is 0 Å². The molecule has 0 aliphatic rings. The fourth-order valence-corrected chi connectivity index (χ4v) is 4.03. The number of benzene rings is 2. The van der Waals surface area contributed by atoms with Crippen LogP contribution < -0.4 is 20.1 Å². The van der Waals surface area contributed by atoms with Gasteiger partial charge in [0.15, 0.2) is 5.82 Å². The Morgan fingerprint density at radius 3 is 2.59 bits per heavy atom. The molecule has 2 aromatic heterocycles. The number of fused-ring (bicyclic) bond motifs is 1. The Morgan fingerprint density at radius 1 is 1.12 bits per heavy atom. The summed E-state index contributed by atoms with van der Waals surface area (Å²) in [6.45, 7) is 3.85. The monoisotopic (exact) mass is 595 g/mol. The molecular weight excluding hydrogens is 570 g/mol. The third-order valence-corrected chi connectivity index (χ3v) is 5.85. The van der Waals surface area contributed by atoms with Crippen LogP contribution >= 0.6 is 11.6 Å². The molecule has 0 bridgehead atoms. The smallest absolute Gasteiger partial charge is 0.456 e. The van der Waals surface area contributed by atoms with Gasteiger partial charge in [0.2, 0.25) is 5.91 Å². The number of halogens is 5. The van der Waals surface area contributed by atoms with Gasteiger partial charge in [-0.3, -0.25) is 4.79 Å². The van der Waals surface area contributed by atoms with E-state index in [-0.39, 0.29) is 28.8 Å². The van der Waals surface area contributed by atoms with Crippen LogP contribution in [0.25, 0.3) is 11.0 Å². The van der Waals surface area contributed by atoms with Gasteiger partial charge in [-0.05, 0) is 50.2 Å². The van der Waals surface area contributed by atoms with Gasteiger partial charge in [-0.15, -0.1) is 0 Å². The maximum atomic E-state index is 13.3. The number of ether oxygens (including phenoxy) is 2. The average Bonchev–Trinajstić information content (AvgIpc) is 3.28. The quantitative estimate of drug-likeness (QED) is 0.169. The van der Waals surface area contributed by atoms with Crippen molar-refractivity contribution < 1.29 is 36.9 Å². The number of rotatable bonds is 12. The Bertz CT molecular complexity index is 1530. The van der Waals surface area contributed by atoms with Crippen molar-refractivity contribution in [1.82, 2.24) is 19.9 Å². The molecule has 4 aromatic rings. The number of aliphatic hydroxyl groups is 1. The lowest BCUT2D eigenvalue weighted by Gasteiger charge is -2.17. The highest BCUT2D eigenvalue weighted by atomic mass is 35.5. The molecule has 4 rings (SSSR count). The van der Waals surface area contributed by atoms with Crippen LogP contribution in [0.2, 0.25) is 5.02 Å². The van der Waals surface area contributed by atoms with E-state index in [4.69, 9.17) is 16.3 Å². The number of nitrogens with zero attached hydrogens (tertiary/aromatic N) is 3. The number of hydrogen-bond donors (Lipinski definition) is 3. The average molecular weight is 596 g/mol. The molecule has 0 fully saturated rings. The van der Waals surface area contributed by atoms with Gasteiger partial charge >= 0.3 is 12.5 Å². The number of alkyl halides is 4. The lowest BCUT2D eigenvalue weighted by molar-refractivity contribution is -0.253. The summed E-state index contributed by atoms with van der Waals surface area (Å²) in [5.41, 5.74) is 0.778. The van der Waals surface area contributed by atoms with Gasteiger partial charge in [0.05, 0.1) is 22.6 Å². The van der Waals surface area contributed by atoms with E-state index in [0.29, 0.717) is 35.6 Å². The highest BCUT2D eigenvalue weighted by molar-refractivity contribution is 6.32. The minimum absolute atomic E-state index is 0.0241. The molecule has 3 N–H and O–H groups in total. The highest BCUT2D eigenvalue weighted by Crippen LogP contribution is 2.35. The molecule has 1 amide bonds. The molecule has 0 saturated carbocycles. The van der Waals surface area contributed by atoms with Gasteiger partial charge in [0.25, 0.3) is 0 Å². The number of carbonyl (C=O) groups is 1. The first kappa shape index (κ1) is 29.9. The Labute approximate surface area is 237 Å². The molecule has 2 heterocycles. The summed E-state index contributed by atoms with van der Waals surface area (Å²) in [6.07, 6.45) is -5.46. The van der Waals surface area contributed by atoms with E-state index in [1.54, 1.807) is 32.0 Å². The second kappa shape index (κ2) is 12.2. The third kappa shape index (κ3) is 7.98. The number of anilines is 2. The number of carbonyl (C=O) groups excluding carboxylic acids is 1. The highest BCUT2D eigenvalue weighted by Gasteiger charge is 2.44. The largest absolute Gasteiger partial charge is 0.461 e. The SMILES string of the molecule is CC(C)(O)CC(=O)NCCn1ccc2ncnc(Nc3ccc(Oc4cccc(OC(F)(F)C(F)F)c4)c(Cl)c3)c21. The van der Waals surface area contributed by atoms with E-state index in [2.05, 4.69) is 25.3 Å². The maximum Gasteiger partial charge on any atom is 0.461 e. The first-order chi connectivity index (χ1) is 19.3. The summed E-state index contributed by atoms with van der Waals surface area (Å²) in [7, 11) is 0. The van der Waals surface area contributed by atoms with Crippen LogP contribution in [-0.4, -0.2) is 50.2 Å². The molecule has 0 radical (unpaired) electrons. The molecule has 0 aliphatic heterocycles. The van der Waals surface area contributed by atoms with Crippen LogP contribution in [0, 0.1) is 0 Å². The lowest BCUT2D eigenvalue weighted by Crippen LogP contribution is -2.33. The summed E-state index contributed by atoms with van der Waals surface area (Å²) in [5.74, 6) is -0.0915. The fourth-order valence-electron chi connectivity index (χ4n) is 3.81. The standard InChI is InChI=1S/C27H26ClF4N5O4/c1-26(2,39)14-22(38)33-9-11-37-10-8-20-23(37)24(35-15-34-20)36-16-6-7-21(19(28)12-16)40-17-4-3-5-18(13-17)41-27(31,32)25(29)30/h3-8,10,12-13,15,25,39H,9,11,14H2,1-2H3,(H,33,38)(H,34,35,36). The Morgan fingerprint density at radius 2 is 1.88 bits per heavy atom. The Kier molecular flexibility index (Phi) is 8.88. The molecular formula is C27H26ClF4N5O4. The lowest BCUT2D eigenvalue weighted by atomic mass is 10.1. The van der Waals surface area contributed by atoms with Crippen molar-refractivity contribution >= 4 is 40.0 Å². The van der Waals surface area contributed by atoms with Gasteiger partial charge in [-0.1, -0.05) is 17.7 Å². The van der Waals surface area contributed by atoms with Gasteiger partial charge in [0.1, 0.15) is 29.1 Å². The van der Waals surface area contributed by atoms with Crippen LogP contribution in [-0.2, 0) is 11.3 Å². The fraction of sp³-hybridized carbons (Fsp3) is 0.296. The number of aromatic nitrogens is 3. The summed E-state index contributed by atoms with van der Waals surface area (Å²) >= 11 is 6.39. The summed E-state index contributed by atoms with van der Waals surface area (Å²) < 4.78 is 63.0. The van der Waals surface area contributed by atoms with Crippen LogP contribution in [0.1, 0.15) is 20.3 Å². The number of amides is 1. The summed E-state index contributed by atoms with van der Waals surface area (Å²) in [6, 6.07) is 11.4. The van der Waals surface area contributed by atoms with E-state index < -0.39 is 23.9 Å².